The average Bonchev–Trinajstić information content (AvgIpc) is 2.75. The molecule has 0 aromatic rings. The fraction of sp³-hybridized carbons (Fsp3) is 0.917. The smallest absolute Gasteiger partial charge is 0.321 e. The molecule has 94 valence electrons. The van der Waals surface area contributed by atoms with Gasteiger partial charge in [0.25, 0.3) is 0 Å². The van der Waals surface area contributed by atoms with Crippen LogP contribution in [0.5, 0.6) is 0 Å². The van der Waals surface area contributed by atoms with Gasteiger partial charge in [0.05, 0.1) is 0 Å². The minimum atomic E-state index is -0.715. The zero-order valence-electron chi connectivity index (χ0n) is 10.1. The van der Waals surface area contributed by atoms with E-state index in [-0.39, 0.29) is 6.04 Å². The highest BCUT2D eigenvalue weighted by Gasteiger charge is 2.19. The number of thioether (sulfide) groups is 1. The largest absolute Gasteiger partial charge is 0.480 e. The molecular formula is C12H23NO2S. The first-order valence-electron chi connectivity index (χ1n) is 6.28. The van der Waals surface area contributed by atoms with Crippen molar-refractivity contribution in [2.24, 2.45) is 5.92 Å². The van der Waals surface area contributed by atoms with Crippen LogP contribution in [0.4, 0.5) is 0 Å². The second kappa shape index (κ2) is 7.96. The van der Waals surface area contributed by atoms with Crippen molar-refractivity contribution in [3.05, 3.63) is 0 Å². The fourth-order valence-corrected chi connectivity index (χ4v) is 3.36. The van der Waals surface area contributed by atoms with Gasteiger partial charge in [-0.3, -0.25) is 4.79 Å². The Morgan fingerprint density at radius 3 is 2.75 bits per heavy atom. The third-order valence-electron chi connectivity index (χ3n) is 3.05. The molecule has 0 aromatic carbocycles. The minimum Gasteiger partial charge on any atom is -0.480 e. The van der Waals surface area contributed by atoms with Gasteiger partial charge in [0.1, 0.15) is 6.04 Å². The monoisotopic (exact) mass is 245 g/mol. The van der Waals surface area contributed by atoms with E-state index in [1.807, 2.05) is 0 Å². The number of hydrogen-bond acceptors (Lipinski definition) is 3. The molecule has 1 rings (SSSR count). The van der Waals surface area contributed by atoms with Gasteiger partial charge in [-0.2, -0.15) is 11.8 Å². The van der Waals surface area contributed by atoms with Gasteiger partial charge in [-0.1, -0.05) is 19.8 Å². The quantitative estimate of drug-likeness (QED) is 0.689. The zero-order chi connectivity index (χ0) is 11.8. The van der Waals surface area contributed by atoms with Gasteiger partial charge in [-0.25, -0.2) is 0 Å². The third kappa shape index (κ3) is 5.21. The van der Waals surface area contributed by atoms with Crippen molar-refractivity contribution in [1.82, 2.24) is 5.32 Å². The first-order chi connectivity index (χ1) is 7.74. The predicted molar refractivity (Wildman–Crippen MR) is 69.0 cm³/mol. The van der Waals surface area contributed by atoms with Gasteiger partial charge in [-0.05, 0) is 37.5 Å². The molecule has 0 amide bonds. The van der Waals surface area contributed by atoms with Crippen LogP contribution >= 0.6 is 11.8 Å². The van der Waals surface area contributed by atoms with Gasteiger partial charge < -0.3 is 10.4 Å². The van der Waals surface area contributed by atoms with E-state index in [9.17, 15) is 4.79 Å². The van der Waals surface area contributed by atoms with Crippen LogP contribution in [0.25, 0.3) is 0 Å². The van der Waals surface area contributed by atoms with Crippen LogP contribution in [0.2, 0.25) is 0 Å². The Morgan fingerprint density at radius 1 is 1.50 bits per heavy atom. The molecule has 1 atom stereocenters. The summed E-state index contributed by atoms with van der Waals surface area (Å²) < 4.78 is 0. The molecule has 0 aromatic heterocycles. The Morgan fingerprint density at radius 2 is 2.19 bits per heavy atom. The molecule has 2 N–H and O–H groups in total. The summed E-state index contributed by atoms with van der Waals surface area (Å²) in [6.07, 6.45) is 6.39. The van der Waals surface area contributed by atoms with E-state index in [0.717, 1.165) is 24.6 Å². The van der Waals surface area contributed by atoms with Crippen molar-refractivity contribution in [1.29, 1.82) is 0 Å². The molecule has 0 saturated heterocycles. The molecule has 4 heteroatoms. The SMILES string of the molecule is CCCNC(CSCC1CCCC1)C(=O)O. The summed E-state index contributed by atoms with van der Waals surface area (Å²) in [4.78, 5) is 11.0. The van der Waals surface area contributed by atoms with Crippen molar-refractivity contribution in [2.75, 3.05) is 18.1 Å². The summed E-state index contributed by atoms with van der Waals surface area (Å²) in [6.45, 7) is 2.85. The summed E-state index contributed by atoms with van der Waals surface area (Å²) in [5.41, 5.74) is 0. The molecular weight excluding hydrogens is 222 g/mol. The molecule has 1 fully saturated rings. The lowest BCUT2D eigenvalue weighted by molar-refractivity contribution is -0.138. The molecule has 0 spiro atoms. The minimum absolute atomic E-state index is 0.369. The third-order valence-corrected chi connectivity index (χ3v) is 4.33. The summed E-state index contributed by atoms with van der Waals surface area (Å²) in [5.74, 6) is 1.96. The maximum atomic E-state index is 11.0. The molecule has 1 saturated carbocycles. The highest BCUT2D eigenvalue weighted by Crippen LogP contribution is 2.27. The van der Waals surface area contributed by atoms with Crippen LogP contribution in [0, 0.1) is 5.92 Å². The maximum Gasteiger partial charge on any atom is 0.321 e. The number of hydrogen-bond donors (Lipinski definition) is 2. The molecule has 0 aliphatic heterocycles. The Kier molecular flexibility index (Phi) is 6.88. The van der Waals surface area contributed by atoms with Crippen LogP contribution in [0.1, 0.15) is 39.0 Å². The molecule has 3 nitrogen and oxygen atoms in total. The van der Waals surface area contributed by atoms with Gasteiger partial charge in [-0.15, -0.1) is 0 Å². The number of carboxylic acid groups (broad SMARTS) is 1. The normalized spacial score (nSPS) is 18.8. The molecule has 0 bridgehead atoms. The van der Waals surface area contributed by atoms with Crippen LogP contribution in [-0.4, -0.2) is 35.2 Å². The lowest BCUT2D eigenvalue weighted by atomic mass is 10.1. The van der Waals surface area contributed by atoms with E-state index >= 15 is 0 Å². The second-order valence-electron chi connectivity index (χ2n) is 4.53. The van der Waals surface area contributed by atoms with E-state index in [4.69, 9.17) is 5.11 Å². The molecule has 1 aliphatic carbocycles. The molecule has 0 heterocycles. The lowest BCUT2D eigenvalue weighted by Crippen LogP contribution is -2.39. The van der Waals surface area contributed by atoms with Crippen LogP contribution < -0.4 is 5.32 Å². The van der Waals surface area contributed by atoms with E-state index < -0.39 is 5.97 Å². The zero-order valence-corrected chi connectivity index (χ0v) is 10.9. The van der Waals surface area contributed by atoms with Crippen LogP contribution in [-0.2, 0) is 4.79 Å². The number of rotatable bonds is 8. The van der Waals surface area contributed by atoms with E-state index in [2.05, 4.69) is 12.2 Å². The first-order valence-corrected chi connectivity index (χ1v) is 7.43. The lowest BCUT2D eigenvalue weighted by Gasteiger charge is -2.15. The molecule has 16 heavy (non-hydrogen) atoms. The van der Waals surface area contributed by atoms with Crippen molar-refractivity contribution in [3.63, 3.8) is 0 Å². The number of carbonyl (C=O) groups is 1. The Balaban J connectivity index is 2.13. The average molecular weight is 245 g/mol. The van der Waals surface area contributed by atoms with Gasteiger partial charge in [0.15, 0.2) is 0 Å². The number of nitrogens with one attached hydrogen (secondary N) is 1. The summed E-state index contributed by atoms with van der Waals surface area (Å²) in [7, 11) is 0. The fourth-order valence-electron chi connectivity index (χ4n) is 2.07. The topological polar surface area (TPSA) is 49.3 Å². The van der Waals surface area contributed by atoms with E-state index in [0.29, 0.717) is 5.75 Å². The first kappa shape index (κ1) is 13.8. The molecule has 1 aliphatic rings. The Bertz CT molecular complexity index is 205. The summed E-state index contributed by atoms with van der Waals surface area (Å²) in [5, 5.41) is 12.1. The number of aliphatic carboxylic acids is 1. The standard InChI is InChI=1S/C12H23NO2S/c1-2-7-13-11(12(14)15)9-16-8-10-5-3-4-6-10/h10-11,13H,2-9H2,1H3,(H,14,15). The highest BCUT2D eigenvalue weighted by molar-refractivity contribution is 7.99. The van der Waals surface area contributed by atoms with Gasteiger partial charge >= 0.3 is 5.97 Å². The van der Waals surface area contributed by atoms with Crippen molar-refractivity contribution in [3.8, 4) is 0 Å². The van der Waals surface area contributed by atoms with Gasteiger partial charge in [0.2, 0.25) is 0 Å². The highest BCUT2D eigenvalue weighted by atomic mass is 32.2. The van der Waals surface area contributed by atoms with E-state index in [1.165, 1.54) is 25.7 Å². The van der Waals surface area contributed by atoms with Crippen molar-refractivity contribution in [2.45, 2.75) is 45.1 Å². The number of carboxylic acids is 1. The van der Waals surface area contributed by atoms with E-state index in [1.54, 1.807) is 11.8 Å². The second-order valence-corrected chi connectivity index (χ2v) is 5.61. The molecule has 1 unspecified atom stereocenters. The van der Waals surface area contributed by atoms with Crippen LogP contribution in [0.15, 0.2) is 0 Å². The predicted octanol–water partition coefficient (Wildman–Crippen LogP) is 2.36. The van der Waals surface area contributed by atoms with Crippen LogP contribution in [0.3, 0.4) is 0 Å². The van der Waals surface area contributed by atoms with Crippen molar-refractivity contribution >= 4 is 17.7 Å². The summed E-state index contributed by atoms with van der Waals surface area (Å²) in [6, 6.07) is -0.369. The molecule has 0 radical (unpaired) electrons. The summed E-state index contributed by atoms with van der Waals surface area (Å²) >= 11 is 1.79. The Hall–Kier alpha value is -0.220. The van der Waals surface area contributed by atoms with Gasteiger partial charge in [0, 0.05) is 5.75 Å². The van der Waals surface area contributed by atoms with Crippen molar-refractivity contribution < 1.29 is 9.90 Å². The maximum absolute atomic E-state index is 11.0. The Labute approximate surface area is 102 Å².